The molecular weight excluding hydrogens is 633 g/mol. The average Bonchev–Trinajstić information content (AvgIpc) is 3.76. The highest BCUT2D eigenvalue weighted by atomic mass is 19.4. The van der Waals surface area contributed by atoms with E-state index in [0.717, 1.165) is 49.0 Å². The maximum absolute atomic E-state index is 14.6. The summed E-state index contributed by atoms with van der Waals surface area (Å²) in [7, 11) is 1.82. The highest BCUT2D eigenvalue weighted by Gasteiger charge is 2.44. The molecule has 1 atom stereocenters. The topological polar surface area (TPSA) is 123 Å². The molecule has 1 spiro atoms. The fraction of sp³-hybridized carbons (Fsp3) is 0.417. The molecule has 2 aliphatic heterocycles. The van der Waals surface area contributed by atoms with E-state index in [1.807, 2.05) is 38.2 Å². The number of hydrogen-bond acceptors (Lipinski definition) is 8. The fourth-order valence-corrected chi connectivity index (χ4v) is 7.42. The van der Waals surface area contributed by atoms with E-state index in [9.17, 15) is 23.1 Å². The Hall–Kier alpha value is -4.80. The Bertz CT molecular complexity index is 1960. The van der Waals surface area contributed by atoms with Gasteiger partial charge in [-0.3, -0.25) is 14.6 Å². The van der Waals surface area contributed by atoms with Crippen LogP contribution in [0.4, 0.5) is 24.8 Å². The molecule has 1 amide bonds. The van der Waals surface area contributed by atoms with Crippen molar-refractivity contribution < 1.29 is 23.1 Å². The Morgan fingerprint density at radius 2 is 1.92 bits per heavy atom. The highest BCUT2D eigenvalue weighted by molar-refractivity contribution is 6.10. The molecule has 10 nitrogen and oxygen atoms in total. The van der Waals surface area contributed by atoms with Crippen LogP contribution in [0.1, 0.15) is 64.7 Å². The Balaban J connectivity index is 1.28. The SMILES string of the molecule is Cc1ccc(-c2nncn2C)c(-c2cc(NC[C@@H](O)CC#N)nc(N3Cc4c(cc(CN5CCC6(CCC6)C5)cc4C(F)(F)F)C3=O)c2)c1. The van der Waals surface area contributed by atoms with Gasteiger partial charge in [0.25, 0.3) is 5.91 Å². The van der Waals surface area contributed by atoms with E-state index in [-0.39, 0.29) is 42.3 Å². The summed E-state index contributed by atoms with van der Waals surface area (Å²) < 4.78 is 45.5. The molecule has 49 heavy (non-hydrogen) atoms. The van der Waals surface area contributed by atoms with Crippen LogP contribution >= 0.6 is 0 Å². The van der Waals surface area contributed by atoms with E-state index in [2.05, 4.69) is 25.4 Å². The number of anilines is 2. The number of carbonyl (C=O) groups excluding carboxylic acids is 1. The third kappa shape index (κ3) is 6.38. The van der Waals surface area contributed by atoms with Gasteiger partial charge in [-0.05, 0) is 84.7 Å². The smallest absolute Gasteiger partial charge is 0.390 e. The van der Waals surface area contributed by atoms with Crippen LogP contribution in [-0.2, 0) is 26.3 Å². The quantitative estimate of drug-likeness (QED) is 0.219. The van der Waals surface area contributed by atoms with Gasteiger partial charge >= 0.3 is 6.18 Å². The van der Waals surface area contributed by atoms with Crippen LogP contribution in [0.2, 0.25) is 0 Å². The maximum atomic E-state index is 14.6. The molecule has 2 aromatic carbocycles. The van der Waals surface area contributed by atoms with Crippen molar-refractivity contribution in [1.29, 1.82) is 5.26 Å². The average molecular weight is 671 g/mol. The Kier molecular flexibility index (Phi) is 8.40. The lowest BCUT2D eigenvalue weighted by molar-refractivity contribution is -0.138. The molecule has 254 valence electrons. The molecule has 13 heteroatoms. The second-order valence-corrected chi connectivity index (χ2v) is 13.7. The number of aryl methyl sites for hydroxylation is 2. The van der Waals surface area contributed by atoms with Crippen LogP contribution in [0.25, 0.3) is 22.5 Å². The Morgan fingerprint density at radius 3 is 2.59 bits per heavy atom. The number of aromatic nitrogens is 4. The van der Waals surface area contributed by atoms with Gasteiger partial charge in [0.15, 0.2) is 5.82 Å². The van der Waals surface area contributed by atoms with Crippen molar-refractivity contribution >= 4 is 17.5 Å². The molecule has 3 aliphatic rings. The molecule has 0 radical (unpaired) electrons. The highest BCUT2D eigenvalue weighted by Crippen LogP contribution is 2.48. The van der Waals surface area contributed by atoms with E-state index in [1.54, 1.807) is 29.1 Å². The molecule has 0 bridgehead atoms. The third-order valence-corrected chi connectivity index (χ3v) is 10.1. The van der Waals surface area contributed by atoms with E-state index >= 15 is 0 Å². The number of pyridine rings is 1. The number of nitriles is 1. The zero-order chi connectivity index (χ0) is 34.5. The van der Waals surface area contributed by atoms with Crippen molar-refractivity contribution in [2.75, 3.05) is 29.9 Å². The van der Waals surface area contributed by atoms with E-state index in [4.69, 9.17) is 5.26 Å². The number of nitrogens with zero attached hydrogens (tertiary/aromatic N) is 7. The number of hydrogen-bond donors (Lipinski definition) is 2. The maximum Gasteiger partial charge on any atom is 0.416 e. The van der Waals surface area contributed by atoms with Crippen LogP contribution in [0.5, 0.6) is 0 Å². The van der Waals surface area contributed by atoms with Gasteiger partial charge in [0, 0.05) is 37.8 Å². The van der Waals surface area contributed by atoms with Crippen LogP contribution in [-0.4, -0.2) is 61.4 Å². The fourth-order valence-electron chi connectivity index (χ4n) is 7.42. The van der Waals surface area contributed by atoms with E-state index in [1.165, 1.54) is 17.4 Å². The standard InChI is InChI=1S/C36H37F3N8O2/c1-22-4-5-26(33-44-42-21-45(33)2)27(12-22)24-15-31(41-17-25(48)6-10-40)43-32(16-24)47-19-29-28(34(47)49)13-23(14-30(29)36(37,38)39)18-46-11-9-35(20-46)7-3-8-35/h4-5,12-16,21,25,48H,3,6-9,11,17-20H2,1-2H3,(H,41,43)/t25-/m0/s1. The molecule has 2 N–H and O–H groups in total. The molecule has 7 rings (SSSR count). The zero-order valence-electron chi connectivity index (χ0n) is 27.4. The van der Waals surface area contributed by atoms with Crippen LogP contribution < -0.4 is 10.2 Å². The van der Waals surface area contributed by atoms with Crippen LogP contribution in [0, 0.1) is 23.7 Å². The number of fused-ring (bicyclic) bond motifs is 1. The van der Waals surface area contributed by atoms with Gasteiger partial charge in [0.1, 0.15) is 18.0 Å². The van der Waals surface area contributed by atoms with Crippen molar-refractivity contribution in [3.63, 3.8) is 0 Å². The lowest BCUT2D eigenvalue weighted by Gasteiger charge is -2.38. The number of benzene rings is 2. The zero-order valence-corrected chi connectivity index (χ0v) is 27.4. The summed E-state index contributed by atoms with van der Waals surface area (Å²) in [4.78, 5) is 22.2. The summed E-state index contributed by atoms with van der Waals surface area (Å²) in [5, 5.41) is 30.6. The molecule has 4 heterocycles. The second-order valence-electron chi connectivity index (χ2n) is 13.7. The van der Waals surface area contributed by atoms with Crippen molar-refractivity contribution in [3.05, 3.63) is 76.6 Å². The van der Waals surface area contributed by atoms with Crippen molar-refractivity contribution in [2.24, 2.45) is 12.5 Å². The molecule has 0 unspecified atom stereocenters. The summed E-state index contributed by atoms with van der Waals surface area (Å²) in [6, 6.07) is 14.0. The van der Waals surface area contributed by atoms with Crippen molar-refractivity contribution in [2.45, 2.75) is 64.4 Å². The predicted molar refractivity (Wildman–Crippen MR) is 177 cm³/mol. The monoisotopic (exact) mass is 670 g/mol. The minimum absolute atomic E-state index is 0.000946. The second kappa shape index (κ2) is 12.6. The number of nitrogens with one attached hydrogen (secondary N) is 1. The van der Waals surface area contributed by atoms with Gasteiger partial charge < -0.3 is 15.0 Å². The molecule has 1 saturated carbocycles. The predicted octanol–water partition coefficient (Wildman–Crippen LogP) is 6.09. The molecular formula is C36H37F3N8O2. The van der Waals surface area contributed by atoms with E-state index < -0.39 is 23.8 Å². The van der Waals surface area contributed by atoms with E-state index in [0.29, 0.717) is 28.9 Å². The number of aliphatic hydroxyl groups is 1. The Morgan fingerprint density at radius 1 is 1.10 bits per heavy atom. The number of rotatable bonds is 9. The number of halogens is 3. The van der Waals surface area contributed by atoms with Crippen molar-refractivity contribution in [3.8, 4) is 28.6 Å². The molecule has 1 aliphatic carbocycles. The summed E-state index contributed by atoms with van der Waals surface area (Å²) in [6.07, 6.45) is 0.441. The lowest BCUT2D eigenvalue weighted by Crippen LogP contribution is -2.33. The summed E-state index contributed by atoms with van der Waals surface area (Å²) in [5.41, 5.74) is 3.01. The van der Waals surface area contributed by atoms with Gasteiger partial charge in [0.05, 0.1) is 30.7 Å². The molecule has 1 saturated heterocycles. The first-order valence-electron chi connectivity index (χ1n) is 16.5. The molecule has 4 aromatic rings. The largest absolute Gasteiger partial charge is 0.416 e. The van der Waals surface area contributed by atoms with Gasteiger partial charge in [-0.25, -0.2) is 4.98 Å². The van der Waals surface area contributed by atoms with Crippen LogP contribution in [0.3, 0.4) is 0 Å². The lowest BCUT2D eigenvalue weighted by atomic mass is 9.68. The number of amides is 1. The molecule has 2 aromatic heterocycles. The number of carbonyl (C=O) groups is 1. The van der Waals surface area contributed by atoms with Crippen molar-refractivity contribution in [1.82, 2.24) is 24.6 Å². The van der Waals surface area contributed by atoms with Crippen LogP contribution in [0.15, 0.2) is 48.8 Å². The number of likely N-dealkylation sites (tertiary alicyclic amines) is 1. The normalized spacial score (nSPS) is 17.7. The first-order chi connectivity index (χ1) is 23.4. The first-order valence-corrected chi connectivity index (χ1v) is 16.5. The summed E-state index contributed by atoms with van der Waals surface area (Å²) in [5.74, 6) is 0.481. The number of aliphatic hydroxyl groups excluding tert-OH is 1. The summed E-state index contributed by atoms with van der Waals surface area (Å²) >= 11 is 0. The van der Waals surface area contributed by atoms with Gasteiger partial charge in [0.2, 0.25) is 0 Å². The molecule has 2 fully saturated rings. The van der Waals surface area contributed by atoms with Gasteiger partial charge in [-0.2, -0.15) is 18.4 Å². The van der Waals surface area contributed by atoms with Gasteiger partial charge in [-0.1, -0.05) is 30.2 Å². The summed E-state index contributed by atoms with van der Waals surface area (Å²) in [6.45, 7) is 3.71. The first kappa shape index (κ1) is 32.7. The van der Waals surface area contributed by atoms with Gasteiger partial charge in [-0.15, -0.1) is 10.2 Å². The third-order valence-electron chi connectivity index (χ3n) is 10.1. The minimum Gasteiger partial charge on any atom is -0.390 e. The number of alkyl halides is 3. The minimum atomic E-state index is -4.65. The Labute approximate surface area is 282 Å².